The Morgan fingerprint density at radius 2 is 2.00 bits per heavy atom. The highest BCUT2D eigenvalue weighted by Crippen LogP contribution is 2.27. The molecule has 0 aromatic carbocycles. The van der Waals surface area contributed by atoms with E-state index in [-0.39, 0.29) is 0 Å². The van der Waals surface area contributed by atoms with E-state index in [4.69, 9.17) is 17.3 Å². The fraction of sp³-hybridized carbons (Fsp3) is 0.364. The second-order valence-corrected chi connectivity index (χ2v) is 4.53. The van der Waals surface area contributed by atoms with Crippen molar-refractivity contribution in [2.75, 3.05) is 5.73 Å². The Hall–Kier alpha value is -1.62. The highest BCUT2D eigenvalue weighted by atomic mass is 35.5. The first-order valence-corrected chi connectivity index (χ1v) is 5.99. The van der Waals surface area contributed by atoms with Crippen molar-refractivity contribution in [2.45, 2.75) is 25.7 Å². The third kappa shape index (κ3) is 1.76. The Morgan fingerprint density at radius 3 is 2.71 bits per heavy atom. The lowest BCUT2D eigenvalue weighted by Gasteiger charge is -2.08. The maximum atomic E-state index is 6.09. The molecule has 2 aromatic rings. The summed E-state index contributed by atoms with van der Waals surface area (Å²) in [4.78, 5) is 0. The van der Waals surface area contributed by atoms with Crippen LogP contribution in [0.1, 0.15) is 24.1 Å². The molecule has 88 valence electrons. The van der Waals surface area contributed by atoms with E-state index in [1.54, 1.807) is 16.8 Å². The first-order valence-electron chi connectivity index (χ1n) is 5.61. The summed E-state index contributed by atoms with van der Waals surface area (Å²) in [5.41, 5.74) is 8.34. The number of fused-ring (bicyclic) bond motifs is 1. The number of aromatic nitrogens is 4. The predicted octanol–water partition coefficient (Wildman–Crippen LogP) is 1.78. The third-order valence-electron chi connectivity index (χ3n) is 3.03. The molecule has 1 aliphatic rings. The van der Waals surface area contributed by atoms with Crippen LogP contribution in [0.3, 0.4) is 0 Å². The van der Waals surface area contributed by atoms with Gasteiger partial charge in [0.05, 0.1) is 5.69 Å². The standard InChI is InChI=1S/C11H12ClN5/c12-9-5-6-10(15-14-9)17-11(13)7-3-1-2-4-8(7)16-17/h5-6H,1-4,13H2. The predicted molar refractivity (Wildman–Crippen MR) is 65.2 cm³/mol. The summed E-state index contributed by atoms with van der Waals surface area (Å²) in [7, 11) is 0. The molecule has 2 aromatic heterocycles. The molecular weight excluding hydrogens is 238 g/mol. The molecule has 6 heteroatoms. The number of halogens is 1. The molecule has 5 nitrogen and oxygen atoms in total. The van der Waals surface area contributed by atoms with Crippen LogP contribution in [-0.4, -0.2) is 20.0 Å². The van der Waals surface area contributed by atoms with E-state index in [1.165, 1.54) is 12.8 Å². The van der Waals surface area contributed by atoms with Crippen molar-refractivity contribution < 1.29 is 0 Å². The van der Waals surface area contributed by atoms with Gasteiger partial charge in [-0.25, -0.2) is 0 Å². The smallest absolute Gasteiger partial charge is 0.178 e. The first kappa shape index (κ1) is 10.5. The van der Waals surface area contributed by atoms with Crippen LogP contribution in [0, 0.1) is 0 Å². The summed E-state index contributed by atoms with van der Waals surface area (Å²) >= 11 is 5.71. The van der Waals surface area contributed by atoms with Crippen LogP contribution in [0.2, 0.25) is 5.15 Å². The maximum absolute atomic E-state index is 6.09. The van der Waals surface area contributed by atoms with Crippen molar-refractivity contribution in [3.8, 4) is 5.82 Å². The molecule has 0 aliphatic heterocycles. The second kappa shape index (κ2) is 4.00. The third-order valence-corrected chi connectivity index (χ3v) is 3.23. The molecule has 0 atom stereocenters. The van der Waals surface area contributed by atoms with Gasteiger partial charge in [0.25, 0.3) is 0 Å². The number of hydrogen-bond acceptors (Lipinski definition) is 4. The summed E-state index contributed by atoms with van der Waals surface area (Å²) < 4.78 is 1.65. The van der Waals surface area contributed by atoms with Crippen LogP contribution in [0.15, 0.2) is 12.1 Å². The average molecular weight is 250 g/mol. The fourth-order valence-electron chi connectivity index (χ4n) is 2.17. The van der Waals surface area contributed by atoms with Gasteiger partial charge in [-0.3, -0.25) is 0 Å². The Kier molecular flexibility index (Phi) is 2.48. The molecule has 1 aliphatic carbocycles. The van der Waals surface area contributed by atoms with Crippen LogP contribution in [0.5, 0.6) is 0 Å². The molecule has 0 amide bonds. The zero-order chi connectivity index (χ0) is 11.8. The molecule has 0 fully saturated rings. The molecular formula is C11H12ClN5. The monoisotopic (exact) mass is 249 g/mol. The fourth-order valence-corrected chi connectivity index (χ4v) is 2.28. The van der Waals surface area contributed by atoms with E-state index >= 15 is 0 Å². The summed E-state index contributed by atoms with van der Waals surface area (Å²) in [6.45, 7) is 0. The van der Waals surface area contributed by atoms with Crippen LogP contribution < -0.4 is 5.73 Å². The van der Waals surface area contributed by atoms with Crippen molar-refractivity contribution in [1.82, 2.24) is 20.0 Å². The maximum Gasteiger partial charge on any atom is 0.178 e. The van der Waals surface area contributed by atoms with Crippen molar-refractivity contribution in [1.29, 1.82) is 0 Å². The molecule has 0 radical (unpaired) electrons. The largest absolute Gasteiger partial charge is 0.383 e. The second-order valence-electron chi connectivity index (χ2n) is 4.14. The Balaban J connectivity index is 2.09. The molecule has 0 saturated heterocycles. The molecule has 0 spiro atoms. The number of aryl methyl sites for hydroxylation is 1. The lowest BCUT2D eigenvalue weighted by Crippen LogP contribution is -2.05. The number of rotatable bonds is 1. The van der Waals surface area contributed by atoms with Crippen LogP contribution in [0.25, 0.3) is 5.82 Å². The van der Waals surface area contributed by atoms with Gasteiger partial charge in [-0.2, -0.15) is 9.78 Å². The minimum Gasteiger partial charge on any atom is -0.383 e. The molecule has 3 rings (SSSR count). The zero-order valence-corrected chi connectivity index (χ0v) is 9.98. The SMILES string of the molecule is Nc1c2c(nn1-c1ccc(Cl)nn1)CCCC2. The number of nitrogens with zero attached hydrogens (tertiary/aromatic N) is 4. The van der Waals surface area contributed by atoms with E-state index in [9.17, 15) is 0 Å². The van der Waals surface area contributed by atoms with Gasteiger partial charge >= 0.3 is 0 Å². The summed E-state index contributed by atoms with van der Waals surface area (Å²) in [6, 6.07) is 3.45. The van der Waals surface area contributed by atoms with Crippen molar-refractivity contribution in [3.05, 3.63) is 28.5 Å². The van der Waals surface area contributed by atoms with E-state index in [0.717, 1.165) is 24.1 Å². The van der Waals surface area contributed by atoms with E-state index < -0.39 is 0 Å². The lowest BCUT2D eigenvalue weighted by molar-refractivity contribution is 0.670. The summed E-state index contributed by atoms with van der Waals surface area (Å²) in [5, 5.41) is 12.7. The molecule has 17 heavy (non-hydrogen) atoms. The van der Waals surface area contributed by atoms with Gasteiger partial charge in [-0.15, -0.1) is 10.2 Å². The van der Waals surface area contributed by atoms with Crippen molar-refractivity contribution in [3.63, 3.8) is 0 Å². The summed E-state index contributed by atoms with van der Waals surface area (Å²) in [6.07, 6.45) is 4.35. The van der Waals surface area contributed by atoms with Gasteiger partial charge in [-0.05, 0) is 37.8 Å². The molecule has 2 N–H and O–H groups in total. The van der Waals surface area contributed by atoms with Gasteiger partial charge in [0.15, 0.2) is 11.0 Å². The first-order chi connectivity index (χ1) is 8.25. The normalized spacial score (nSPS) is 14.6. The average Bonchev–Trinajstić information content (AvgIpc) is 2.69. The van der Waals surface area contributed by atoms with Crippen molar-refractivity contribution >= 4 is 17.4 Å². The number of hydrogen-bond donors (Lipinski definition) is 1. The van der Waals surface area contributed by atoms with Gasteiger partial charge in [0.2, 0.25) is 0 Å². The zero-order valence-electron chi connectivity index (χ0n) is 9.23. The quantitative estimate of drug-likeness (QED) is 0.836. The molecule has 0 bridgehead atoms. The van der Waals surface area contributed by atoms with Crippen LogP contribution in [0.4, 0.5) is 5.82 Å². The van der Waals surface area contributed by atoms with Crippen molar-refractivity contribution in [2.24, 2.45) is 0 Å². The number of nitrogens with two attached hydrogens (primary N) is 1. The number of anilines is 1. The lowest BCUT2D eigenvalue weighted by atomic mass is 9.98. The van der Waals surface area contributed by atoms with Crippen LogP contribution >= 0.6 is 11.6 Å². The van der Waals surface area contributed by atoms with E-state index in [0.29, 0.717) is 16.8 Å². The summed E-state index contributed by atoms with van der Waals surface area (Å²) in [5.74, 6) is 1.29. The topological polar surface area (TPSA) is 69.6 Å². The van der Waals surface area contributed by atoms with Gasteiger partial charge in [0.1, 0.15) is 5.82 Å². The Morgan fingerprint density at radius 1 is 1.18 bits per heavy atom. The minimum absolute atomic E-state index is 0.365. The van der Waals surface area contributed by atoms with Gasteiger partial charge < -0.3 is 5.73 Å². The Bertz CT molecular complexity index is 546. The van der Waals surface area contributed by atoms with E-state index in [2.05, 4.69) is 15.3 Å². The highest BCUT2D eigenvalue weighted by molar-refractivity contribution is 6.29. The molecule has 2 heterocycles. The molecule has 0 unspecified atom stereocenters. The highest BCUT2D eigenvalue weighted by Gasteiger charge is 2.19. The molecule has 0 saturated carbocycles. The van der Waals surface area contributed by atoms with Gasteiger partial charge in [-0.1, -0.05) is 11.6 Å². The van der Waals surface area contributed by atoms with Crippen LogP contribution in [-0.2, 0) is 12.8 Å². The van der Waals surface area contributed by atoms with Gasteiger partial charge in [0, 0.05) is 5.56 Å². The number of nitrogen functional groups attached to an aromatic ring is 1. The van der Waals surface area contributed by atoms with E-state index in [1.807, 2.05) is 0 Å². The Labute approximate surface area is 104 Å². The minimum atomic E-state index is 0.365.